The van der Waals surface area contributed by atoms with E-state index in [1.807, 2.05) is 0 Å². The van der Waals surface area contributed by atoms with E-state index in [0.717, 1.165) is 0 Å². The number of anilines is 1. The lowest BCUT2D eigenvalue weighted by molar-refractivity contribution is 0.479. The minimum atomic E-state index is -3.98. The van der Waals surface area contributed by atoms with Gasteiger partial charge in [0.2, 0.25) is 0 Å². The van der Waals surface area contributed by atoms with Crippen molar-refractivity contribution in [1.82, 2.24) is 9.78 Å². The van der Waals surface area contributed by atoms with Crippen LogP contribution in [0.5, 0.6) is 11.5 Å². The number of aryl methyl sites for hydroxylation is 1. The van der Waals surface area contributed by atoms with E-state index < -0.39 is 10.0 Å². The smallest absolute Gasteiger partial charge is 0.263 e. The highest BCUT2D eigenvalue weighted by Crippen LogP contribution is 2.36. The van der Waals surface area contributed by atoms with E-state index in [-0.39, 0.29) is 26.4 Å². The third-order valence-corrected chi connectivity index (χ3v) is 6.92. The zero-order chi connectivity index (χ0) is 23.8. The first kappa shape index (κ1) is 23.4. The highest BCUT2D eigenvalue weighted by molar-refractivity contribution is 7.92. The van der Waals surface area contributed by atoms with Gasteiger partial charge in [-0.25, -0.2) is 17.5 Å². The van der Waals surface area contributed by atoms with Crippen LogP contribution < -0.4 is 9.46 Å². The van der Waals surface area contributed by atoms with Crippen molar-refractivity contribution in [2.24, 2.45) is 0 Å². The Hall–Kier alpha value is -2.78. The van der Waals surface area contributed by atoms with Gasteiger partial charge in [0.1, 0.15) is 16.5 Å². The zero-order valence-corrected chi connectivity index (χ0v) is 20.0. The molecule has 0 aliphatic heterocycles. The molecule has 0 fully saturated rings. The van der Waals surface area contributed by atoms with Crippen LogP contribution in [0.15, 0.2) is 71.9 Å². The second-order valence-electron chi connectivity index (χ2n) is 6.98. The second-order valence-corrected chi connectivity index (χ2v) is 9.89. The van der Waals surface area contributed by atoms with Crippen LogP contribution in [0.2, 0.25) is 15.1 Å². The largest absolute Gasteiger partial charge is 0.452 e. The molecule has 0 atom stereocenters. The molecule has 0 saturated heterocycles. The topological polar surface area (TPSA) is 73.2 Å². The van der Waals surface area contributed by atoms with Crippen molar-refractivity contribution in [1.29, 1.82) is 0 Å². The van der Waals surface area contributed by atoms with Gasteiger partial charge in [-0.2, -0.15) is 5.10 Å². The molecule has 3 aromatic carbocycles. The monoisotopic (exact) mass is 525 g/mol. The van der Waals surface area contributed by atoms with Gasteiger partial charge >= 0.3 is 0 Å². The quantitative estimate of drug-likeness (QED) is 0.297. The van der Waals surface area contributed by atoms with Gasteiger partial charge in [-0.1, -0.05) is 34.8 Å². The van der Waals surface area contributed by atoms with Gasteiger partial charge in [0.25, 0.3) is 10.0 Å². The maximum Gasteiger partial charge on any atom is 0.263 e. The summed E-state index contributed by atoms with van der Waals surface area (Å²) < 4.78 is 48.5. The average Bonchev–Trinajstić information content (AvgIpc) is 3.19. The fraction of sp³-hybridized carbons (Fsp3) is 0.0455. The van der Waals surface area contributed by atoms with Gasteiger partial charge in [0.15, 0.2) is 5.75 Å². The number of nitrogens with zero attached hydrogens (tertiary/aromatic N) is 2. The molecule has 0 aliphatic carbocycles. The summed E-state index contributed by atoms with van der Waals surface area (Å²) in [5.74, 6) is 0.382. The van der Waals surface area contributed by atoms with Crippen molar-refractivity contribution < 1.29 is 17.5 Å². The molecule has 33 heavy (non-hydrogen) atoms. The lowest BCUT2D eigenvalue weighted by Crippen LogP contribution is -2.13. The molecule has 1 heterocycles. The Morgan fingerprint density at radius 3 is 2.39 bits per heavy atom. The minimum Gasteiger partial charge on any atom is -0.452 e. The molecule has 0 radical (unpaired) electrons. The maximum atomic E-state index is 13.1. The molecule has 170 valence electrons. The SMILES string of the molecule is Cc1cc(NS(=O)(=O)c2ccc(Cl)cc2Cl)cc(Cl)c1Oc1cnn(-c2ccc(F)cc2)c1. The van der Waals surface area contributed by atoms with Crippen molar-refractivity contribution in [3.05, 3.63) is 93.4 Å². The molecule has 6 nitrogen and oxygen atoms in total. The van der Waals surface area contributed by atoms with E-state index in [1.165, 1.54) is 47.3 Å². The molecule has 4 aromatic rings. The molecule has 4 rings (SSSR count). The minimum absolute atomic E-state index is 0.00376. The summed E-state index contributed by atoms with van der Waals surface area (Å²) in [7, 11) is -3.98. The van der Waals surface area contributed by atoms with Crippen LogP contribution in [-0.2, 0) is 10.0 Å². The number of sulfonamides is 1. The van der Waals surface area contributed by atoms with E-state index in [2.05, 4.69) is 9.82 Å². The normalized spacial score (nSPS) is 11.4. The molecule has 0 saturated carbocycles. The molecular weight excluding hydrogens is 512 g/mol. The van der Waals surface area contributed by atoms with Crippen molar-refractivity contribution >= 4 is 50.5 Å². The standard InChI is InChI=1S/C22H15Cl3FN3O3S/c1-13-8-16(28-33(30,31)21-7-2-14(23)9-19(21)24)10-20(25)22(13)32-18-11-27-29(12-18)17-5-3-15(26)4-6-17/h2-12,28H,1H3. The Morgan fingerprint density at radius 1 is 1.00 bits per heavy atom. The summed E-state index contributed by atoms with van der Waals surface area (Å²) in [5, 5.41) is 4.70. The second kappa shape index (κ2) is 9.23. The number of aromatic nitrogens is 2. The zero-order valence-electron chi connectivity index (χ0n) is 16.9. The van der Waals surface area contributed by atoms with Crippen LogP contribution in [0.3, 0.4) is 0 Å². The van der Waals surface area contributed by atoms with Gasteiger partial charge in [-0.15, -0.1) is 0 Å². The number of hydrogen-bond donors (Lipinski definition) is 1. The summed E-state index contributed by atoms with van der Waals surface area (Å²) >= 11 is 18.3. The van der Waals surface area contributed by atoms with E-state index >= 15 is 0 Å². The summed E-state index contributed by atoms with van der Waals surface area (Å²) in [6.07, 6.45) is 3.10. The predicted octanol–water partition coefficient (Wildman–Crippen LogP) is 6.87. The Bertz CT molecular complexity index is 1420. The fourth-order valence-corrected chi connectivity index (χ4v) is 5.15. The number of rotatable bonds is 6. The van der Waals surface area contributed by atoms with Crippen molar-refractivity contribution in [3.63, 3.8) is 0 Å². The van der Waals surface area contributed by atoms with Gasteiger partial charge in [0, 0.05) is 5.02 Å². The van der Waals surface area contributed by atoms with Gasteiger partial charge in [-0.3, -0.25) is 4.72 Å². The van der Waals surface area contributed by atoms with Crippen LogP contribution in [0, 0.1) is 12.7 Å². The van der Waals surface area contributed by atoms with E-state index in [4.69, 9.17) is 39.5 Å². The molecule has 0 amide bonds. The lowest BCUT2D eigenvalue weighted by Gasteiger charge is -2.14. The fourth-order valence-electron chi connectivity index (χ4n) is 3.03. The molecule has 1 aromatic heterocycles. The predicted molar refractivity (Wildman–Crippen MR) is 127 cm³/mol. The van der Waals surface area contributed by atoms with Gasteiger partial charge in [-0.05, 0) is 67.1 Å². The number of halogens is 4. The van der Waals surface area contributed by atoms with Crippen LogP contribution in [0.25, 0.3) is 5.69 Å². The van der Waals surface area contributed by atoms with Crippen LogP contribution in [0.4, 0.5) is 10.1 Å². The lowest BCUT2D eigenvalue weighted by atomic mass is 10.2. The average molecular weight is 527 g/mol. The number of ether oxygens (including phenoxy) is 1. The Labute approximate surface area is 204 Å². The number of hydrogen-bond acceptors (Lipinski definition) is 4. The molecule has 1 N–H and O–H groups in total. The van der Waals surface area contributed by atoms with E-state index in [9.17, 15) is 12.8 Å². The van der Waals surface area contributed by atoms with Crippen molar-refractivity contribution in [2.75, 3.05) is 4.72 Å². The number of benzene rings is 3. The molecular formula is C22H15Cl3FN3O3S. The molecule has 0 unspecified atom stereocenters. The first-order valence-corrected chi connectivity index (χ1v) is 12.0. The molecule has 11 heteroatoms. The highest BCUT2D eigenvalue weighted by atomic mass is 35.5. The van der Waals surface area contributed by atoms with Crippen LogP contribution in [-0.4, -0.2) is 18.2 Å². The summed E-state index contributed by atoms with van der Waals surface area (Å²) in [4.78, 5) is -0.115. The Morgan fingerprint density at radius 2 is 1.73 bits per heavy atom. The Kier molecular flexibility index (Phi) is 6.54. The van der Waals surface area contributed by atoms with Crippen LogP contribution >= 0.6 is 34.8 Å². The molecule has 0 bridgehead atoms. The molecule has 0 aliphatic rings. The first-order chi connectivity index (χ1) is 15.6. The third-order valence-electron chi connectivity index (χ3n) is 4.53. The number of nitrogens with one attached hydrogen (secondary N) is 1. The Balaban J connectivity index is 1.56. The summed E-state index contributed by atoms with van der Waals surface area (Å²) in [6, 6.07) is 12.9. The third kappa shape index (κ3) is 5.25. The van der Waals surface area contributed by atoms with Crippen LogP contribution in [0.1, 0.15) is 5.56 Å². The van der Waals surface area contributed by atoms with Crippen molar-refractivity contribution in [2.45, 2.75) is 11.8 Å². The van der Waals surface area contributed by atoms with Gasteiger partial charge in [0.05, 0.1) is 33.8 Å². The van der Waals surface area contributed by atoms with E-state index in [1.54, 1.807) is 31.3 Å². The molecule has 0 spiro atoms. The first-order valence-electron chi connectivity index (χ1n) is 9.39. The van der Waals surface area contributed by atoms with Crippen molar-refractivity contribution in [3.8, 4) is 17.2 Å². The van der Waals surface area contributed by atoms with E-state index in [0.29, 0.717) is 27.8 Å². The van der Waals surface area contributed by atoms with Gasteiger partial charge < -0.3 is 4.74 Å². The highest BCUT2D eigenvalue weighted by Gasteiger charge is 2.20. The maximum absolute atomic E-state index is 13.1. The summed E-state index contributed by atoms with van der Waals surface area (Å²) in [6.45, 7) is 1.72. The summed E-state index contributed by atoms with van der Waals surface area (Å²) in [5.41, 5.74) is 1.47.